The van der Waals surface area contributed by atoms with Crippen molar-refractivity contribution in [3.8, 4) is 0 Å². The molecule has 1 saturated carbocycles. The number of piperidine rings is 1. The van der Waals surface area contributed by atoms with Crippen molar-refractivity contribution >= 4 is 27.3 Å². The largest absolute Gasteiger partial charge is 0.459 e. The van der Waals surface area contributed by atoms with Gasteiger partial charge < -0.3 is 9.32 Å². The molecule has 2 aliphatic rings. The van der Waals surface area contributed by atoms with Crippen molar-refractivity contribution in [1.29, 1.82) is 0 Å². The van der Waals surface area contributed by atoms with Crippen molar-refractivity contribution in [2.24, 2.45) is 5.92 Å². The van der Waals surface area contributed by atoms with Crippen molar-refractivity contribution < 1.29 is 17.6 Å². The number of hydrogen-bond donors (Lipinski definition) is 1. The van der Waals surface area contributed by atoms with Crippen molar-refractivity contribution in [3.05, 3.63) is 41.7 Å². The van der Waals surface area contributed by atoms with E-state index >= 15 is 0 Å². The van der Waals surface area contributed by atoms with Gasteiger partial charge in [-0.1, -0.05) is 6.07 Å². The summed E-state index contributed by atoms with van der Waals surface area (Å²) in [5, 5.41) is 1.74. The summed E-state index contributed by atoms with van der Waals surface area (Å²) in [5.41, 5.74) is 0. The molecular formula is C15H16N2O4S2. The van der Waals surface area contributed by atoms with Crippen LogP contribution in [0, 0.1) is 5.92 Å². The summed E-state index contributed by atoms with van der Waals surface area (Å²) in [6, 6.07) is 6.28. The zero-order chi connectivity index (χ0) is 16.0. The number of hydrogen-bond acceptors (Lipinski definition) is 5. The van der Waals surface area contributed by atoms with E-state index in [1.54, 1.807) is 34.5 Å². The Kier molecular flexibility index (Phi) is 3.55. The smallest absolute Gasteiger partial charge is 0.289 e. The third kappa shape index (κ3) is 2.60. The van der Waals surface area contributed by atoms with Crippen LogP contribution in [-0.2, 0) is 10.0 Å². The van der Waals surface area contributed by atoms with Crippen LogP contribution < -0.4 is 4.72 Å². The summed E-state index contributed by atoms with van der Waals surface area (Å²) in [6.07, 6.45) is 3.08. The molecule has 1 saturated heterocycles. The molecule has 3 unspecified atom stereocenters. The van der Waals surface area contributed by atoms with E-state index in [-0.39, 0.29) is 18.0 Å². The number of nitrogens with one attached hydrogen (secondary N) is 1. The Morgan fingerprint density at radius 3 is 2.83 bits per heavy atom. The maximum atomic E-state index is 12.5. The number of nitrogens with zero attached hydrogens (tertiary/aromatic N) is 1. The van der Waals surface area contributed by atoms with Crippen LogP contribution in [0.2, 0.25) is 0 Å². The third-order valence-corrected chi connectivity index (χ3v) is 7.43. The van der Waals surface area contributed by atoms with E-state index in [1.165, 1.54) is 17.6 Å². The van der Waals surface area contributed by atoms with Crippen molar-refractivity contribution in [3.63, 3.8) is 0 Å². The number of carbonyl (C=O) groups is 1. The zero-order valence-corrected chi connectivity index (χ0v) is 13.8. The van der Waals surface area contributed by atoms with Crippen LogP contribution in [0.4, 0.5) is 0 Å². The SMILES string of the molecule is O=C(c1ccco1)N1CC2CC(NS(=O)(=O)c3cccs3)C1C2. The van der Waals surface area contributed by atoms with Crippen LogP contribution in [0.25, 0.3) is 0 Å². The van der Waals surface area contributed by atoms with Gasteiger partial charge >= 0.3 is 0 Å². The number of thiophene rings is 1. The lowest BCUT2D eigenvalue weighted by molar-refractivity contribution is 0.0646. The van der Waals surface area contributed by atoms with Gasteiger partial charge in [0.25, 0.3) is 5.91 Å². The van der Waals surface area contributed by atoms with Gasteiger partial charge in [-0.05, 0) is 42.3 Å². The Morgan fingerprint density at radius 2 is 2.17 bits per heavy atom. The number of rotatable bonds is 4. The lowest BCUT2D eigenvalue weighted by atomic mass is 10.1. The average Bonchev–Trinajstić information content (AvgIpc) is 3.27. The minimum absolute atomic E-state index is 0.104. The van der Waals surface area contributed by atoms with Gasteiger partial charge in [0.15, 0.2) is 5.76 Å². The van der Waals surface area contributed by atoms with Gasteiger partial charge in [0.05, 0.1) is 6.26 Å². The van der Waals surface area contributed by atoms with E-state index in [0.29, 0.717) is 22.4 Å². The molecule has 2 aromatic heterocycles. The first kappa shape index (κ1) is 14.9. The molecular weight excluding hydrogens is 336 g/mol. The highest BCUT2D eigenvalue weighted by Crippen LogP contribution is 2.39. The highest BCUT2D eigenvalue weighted by molar-refractivity contribution is 7.91. The van der Waals surface area contributed by atoms with E-state index in [9.17, 15) is 13.2 Å². The van der Waals surface area contributed by atoms with Crippen LogP contribution in [0.1, 0.15) is 23.4 Å². The van der Waals surface area contributed by atoms with E-state index in [1.807, 2.05) is 0 Å². The van der Waals surface area contributed by atoms with Crippen LogP contribution in [-0.4, -0.2) is 37.9 Å². The lowest BCUT2D eigenvalue weighted by Crippen LogP contribution is -2.51. The molecule has 2 fully saturated rings. The van der Waals surface area contributed by atoms with Gasteiger partial charge in [-0.15, -0.1) is 11.3 Å². The predicted molar refractivity (Wildman–Crippen MR) is 84.7 cm³/mol. The molecule has 2 aromatic rings. The van der Waals surface area contributed by atoms with Crippen LogP contribution in [0.5, 0.6) is 0 Å². The highest BCUT2D eigenvalue weighted by Gasteiger charge is 2.48. The topological polar surface area (TPSA) is 79.6 Å². The molecule has 1 aliphatic heterocycles. The number of likely N-dealkylation sites (tertiary alicyclic amines) is 1. The molecule has 8 heteroatoms. The summed E-state index contributed by atoms with van der Waals surface area (Å²) < 4.78 is 33.1. The second kappa shape index (κ2) is 5.47. The predicted octanol–water partition coefficient (Wildman–Crippen LogP) is 1.92. The van der Waals surface area contributed by atoms with Crippen LogP contribution in [0.3, 0.4) is 0 Å². The van der Waals surface area contributed by atoms with Gasteiger partial charge in [-0.3, -0.25) is 4.79 Å². The van der Waals surface area contributed by atoms with Gasteiger partial charge in [0.2, 0.25) is 10.0 Å². The minimum atomic E-state index is -3.52. The molecule has 122 valence electrons. The number of carbonyl (C=O) groups excluding carboxylic acids is 1. The minimum Gasteiger partial charge on any atom is -0.459 e. The molecule has 0 radical (unpaired) electrons. The number of sulfonamides is 1. The maximum absolute atomic E-state index is 12.5. The molecule has 1 aliphatic carbocycles. The van der Waals surface area contributed by atoms with Gasteiger partial charge in [-0.25, -0.2) is 13.1 Å². The molecule has 1 amide bonds. The quantitative estimate of drug-likeness (QED) is 0.912. The molecule has 0 aromatic carbocycles. The fraction of sp³-hybridized carbons (Fsp3) is 0.400. The monoisotopic (exact) mass is 352 g/mol. The standard InChI is InChI=1S/C15H16N2O4S2/c18-15(13-3-1-5-21-13)17-9-10-7-11(12(17)8-10)16-23(19,20)14-4-2-6-22-14/h1-6,10-12,16H,7-9H2. The Labute approximate surface area is 138 Å². The van der Waals surface area contributed by atoms with Gasteiger partial charge in [0, 0.05) is 18.6 Å². The Balaban J connectivity index is 1.53. The molecule has 4 rings (SSSR count). The van der Waals surface area contributed by atoms with E-state index in [0.717, 1.165) is 12.8 Å². The van der Waals surface area contributed by atoms with Crippen molar-refractivity contribution in [2.45, 2.75) is 29.1 Å². The molecule has 23 heavy (non-hydrogen) atoms. The average molecular weight is 352 g/mol. The second-order valence-corrected chi connectivity index (χ2v) is 8.89. The first-order chi connectivity index (χ1) is 11.0. The number of fused-ring (bicyclic) bond motifs is 2. The zero-order valence-electron chi connectivity index (χ0n) is 12.2. The van der Waals surface area contributed by atoms with E-state index < -0.39 is 10.0 Å². The summed E-state index contributed by atoms with van der Waals surface area (Å²) in [5.74, 6) is 0.481. The van der Waals surface area contributed by atoms with Gasteiger partial charge in [-0.2, -0.15) is 0 Å². The molecule has 2 bridgehead atoms. The normalized spacial score (nSPS) is 26.8. The number of furan rings is 1. The number of amides is 1. The van der Waals surface area contributed by atoms with E-state index in [2.05, 4.69) is 4.72 Å². The third-order valence-electron chi connectivity index (χ3n) is 4.54. The highest BCUT2D eigenvalue weighted by atomic mass is 32.2. The Morgan fingerprint density at radius 1 is 1.30 bits per heavy atom. The first-order valence-electron chi connectivity index (χ1n) is 7.45. The summed E-state index contributed by atoms with van der Waals surface area (Å²) in [6.45, 7) is 0.668. The maximum Gasteiger partial charge on any atom is 0.289 e. The second-order valence-electron chi connectivity index (χ2n) is 6.00. The lowest BCUT2D eigenvalue weighted by Gasteiger charge is -2.32. The summed E-state index contributed by atoms with van der Waals surface area (Å²) in [7, 11) is -3.52. The molecule has 3 atom stereocenters. The fourth-order valence-corrected chi connectivity index (χ4v) is 5.89. The summed E-state index contributed by atoms with van der Waals surface area (Å²) in [4.78, 5) is 14.2. The van der Waals surface area contributed by atoms with Crippen molar-refractivity contribution in [1.82, 2.24) is 9.62 Å². The molecule has 0 spiro atoms. The van der Waals surface area contributed by atoms with Gasteiger partial charge in [0.1, 0.15) is 4.21 Å². The molecule has 3 heterocycles. The molecule has 6 nitrogen and oxygen atoms in total. The Bertz CT molecular complexity index is 799. The first-order valence-corrected chi connectivity index (χ1v) is 9.81. The van der Waals surface area contributed by atoms with Crippen LogP contribution in [0.15, 0.2) is 44.5 Å². The van der Waals surface area contributed by atoms with Crippen LogP contribution >= 0.6 is 11.3 Å². The summed E-state index contributed by atoms with van der Waals surface area (Å²) >= 11 is 1.19. The Hall–Kier alpha value is -1.64. The van der Waals surface area contributed by atoms with E-state index in [4.69, 9.17) is 4.42 Å². The molecule has 1 N–H and O–H groups in total. The fourth-order valence-electron chi connectivity index (χ4n) is 3.60. The van der Waals surface area contributed by atoms with Crippen molar-refractivity contribution in [2.75, 3.05) is 6.54 Å².